The normalized spacial score (nSPS) is 24.4. The van der Waals surface area contributed by atoms with E-state index in [0.29, 0.717) is 44.4 Å². The molecule has 0 spiro atoms. The fourth-order valence-electron chi connectivity index (χ4n) is 5.53. The Morgan fingerprint density at radius 2 is 1.86 bits per heavy atom. The number of amides is 4. The molecule has 4 atom stereocenters. The minimum absolute atomic E-state index is 0.0913. The quantitative estimate of drug-likeness (QED) is 0.346. The van der Waals surface area contributed by atoms with E-state index < -0.39 is 24.1 Å². The summed E-state index contributed by atoms with van der Waals surface area (Å²) in [6.07, 6.45) is 8.19. The van der Waals surface area contributed by atoms with Crippen molar-refractivity contribution in [2.75, 3.05) is 19.7 Å². The molecular formula is C26H42N4O6. The molecule has 1 saturated carbocycles. The van der Waals surface area contributed by atoms with Crippen molar-refractivity contribution in [2.24, 2.45) is 17.8 Å². The Bertz CT molecular complexity index is 797. The molecule has 3 N–H and O–H groups in total. The van der Waals surface area contributed by atoms with Gasteiger partial charge in [-0.05, 0) is 50.4 Å². The minimum Gasteiger partial charge on any atom is -0.447 e. The van der Waals surface area contributed by atoms with Crippen molar-refractivity contribution in [2.45, 2.75) is 96.2 Å². The van der Waals surface area contributed by atoms with Crippen LogP contribution >= 0.6 is 0 Å². The number of nitrogens with one attached hydrogen (secondary N) is 3. The van der Waals surface area contributed by atoms with Crippen LogP contribution in [0.4, 0.5) is 4.79 Å². The van der Waals surface area contributed by atoms with E-state index in [1.165, 1.54) is 19.3 Å². The Balaban J connectivity index is 1.50. The number of ether oxygens (including phenoxy) is 1. The fraction of sp³-hybridized carbons (Fsp3) is 0.808. The van der Waals surface area contributed by atoms with Gasteiger partial charge in [0.15, 0.2) is 0 Å². The number of hydrogen-bond acceptors (Lipinski definition) is 6. The summed E-state index contributed by atoms with van der Waals surface area (Å²) in [7, 11) is 0. The predicted molar refractivity (Wildman–Crippen MR) is 133 cm³/mol. The van der Waals surface area contributed by atoms with Gasteiger partial charge in [0.05, 0.1) is 12.1 Å². The van der Waals surface area contributed by atoms with E-state index in [-0.39, 0.29) is 42.7 Å². The molecule has 0 aromatic rings. The van der Waals surface area contributed by atoms with Crippen LogP contribution in [-0.2, 0) is 23.9 Å². The summed E-state index contributed by atoms with van der Waals surface area (Å²) in [5.74, 6) is -0.173. The highest BCUT2D eigenvalue weighted by atomic mass is 16.5. The monoisotopic (exact) mass is 506 g/mol. The van der Waals surface area contributed by atoms with Crippen LogP contribution in [0.1, 0.15) is 78.1 Å². The lowest BCUT2D eigenvalue weighted by atomic mass is 9.89. The molecule has 0 bridgehead atoms. The number of alkyl carbamates (subject to hydrolysis) is 1. The number of rotatable bonds is 12. The lowest BCUT2D eigenvalue weighted by Crippen LogP contribution is -2.51. The van der Waals surface area contributed by atoms with Crippen molar-refractivity contribution in [1.82, 2.24) is 20.9 Å². The van der Waals surface area contributed by atoms with Crippen molar-refractivity contribution in [1.29, 1.82) is 0 Å². The summed E-state index contributed by atoms with van der Waals surface area (Å²) in [5.41, 5.74) is 0. The Hall–Kier alpha value is -2.65. The van der Waals surface area contributed by atoms with Crippen LogP contribution in [0.2, 0.25) is 0 Å². The van der Waals surface area contributed by atoms with Crippen molar-refractivity contribution in [3.63, 3.8) is 0 Å². The Labute approximate surface area is 213 Å². The summed E-state index contributed by atoms with van der Waals surface area (Å²) in [6, 6.07) is -1.82. The first-order chi connectivity index (χ1) is 17.3. The van der Waals surface area contributed by atoms with Crippen molar-refractivity contribution >= 4 is 30.1 Å². The average molecular weight is 507 g/mol. The molecule has 0 aromatic carbocycles. The number of carbonyl (C=O) groups excluding carboxylic acids is 5. The van der Waals surface area contributed by atoms with E-state index in [9.17, 15) is 24.0 Å². The van der Waals surface area contributed by atoms with Gasteiger partial charge in [-0.15, -0.1) is 0 Å². The molecule has 2 saturated heterocycles. The van der Waals surface area contributed by atoms with Gasteiger partial charge in [-0.2, -0.15) is 0 Å². The first-order valence-electron chi connectivity index (χ1n) is 13.5. The molecule has 0 aromatic heterocycles. The molecule has 2 heterocycles. The number of nitrogens with zero attached hydrogens (tertiary/aromatic N) is 1. The highest BCUT2D eigenvalue weighted by molar-refractivity contribution is 5.88. The molecule has 202 valence electrons. The van der Waals surface area contributed by atoms with Crippen molar-refractivity contribution in [3.05, 3.63) is 0 Å². The first kappa shape index (κ1) is 27.9. The molecule has 0 radical (unpaired) electrons. The van der Waals surface area contributed by atoms with Crippen LogP contribution in [0.5, 0.6) is 0 Å². The van der Waals surface area contributed by atoms with Gasteiger partial charge in [0.25, 0.3) is 0 Å². The number of aldehydes is 1. The third-order valence-electron chi connectivity index (χ3n) is 7.55. The van der Waals surface area contributed by atoms with Gasteiger partial charge >= 0.3 is 6.09 Å². The molecule has 1 aliphatic carbocycles. The molecule has 3 rings (SSSR count). The second-order valence-corrected chi connectivity index (χ2v) is 10.9. The third kappa shape index (κ3) is 8.20. The SMILES string of the molecule is CC(C)C[C@H](NC(=O)OC[C@H]1CCC(=O)N1CC1CCCCC1)C(=O)N[C@H](C=O)C[C@@H]1CCNC1=O. The maximum atomic E-state index is 12.9. The van der Waals surface area contributed by atoms with E-state index in [1.54, 1.807) is 0 Å². The first-order valence-corrected chi connectivity index (χ1v) is 13.5. The average Bonchev–Trinajstić information content (AvgIpc) is 3.41. The Morgan fingerprint density at radius 3 is 2.50 bits per heavy atom. The zero-order chi connectivity index (χ0) is 26.1. The Kier molecular flexibility index (Phi) is 10.6. The zero-order valence-electron chi connectivity index (χ0n) is 21.6. The van der Waals surface area contributed by atoms with Crippen LogP contribution in [0.3, 0.4) is 0 Å². The molecule has 4 amide bonds. The molecule has 36 heavy (non-hydrogen) atoms. The molecule has 2 aliphatic heterocycles. The second-order valence-electron chi connectivity index (χ2n) is 10.9. The highest BCUT2D eigenvalue weighted by Crippen LogP contribution is 2.28. The van der Waals surface area contributed by atoms with Gasteiger partial charge in [-0.25, -0.2) is 4.79 Å². The maximum absolute atomic E-state index is 12.9. The summed E-state index contributed by atoms with van der Waals surface area (Å²) in [5, 5.41) is 8.04. The van der Waals surface area contributed by atoms with Crippen molar-refractivity contribution < 1.29 is 28.7 Å². The van der Waals surface area contributed by atoms with Gasteiger partial charge in [0.1, 0.15) is 18.9 Å². The highest BCUT2D eigenvalue weighted by Gasteiger charge is 2.34. The largest absolute Gasteiger partial charge is 0.447 e. The third-order valence-corrected chi connectivity index (χ3v) is 7.55. The zero-order valence-corrected chi connectivity index (χ0v) is 21.6. The van der Waals surface area contributed by atoms with E-state index in [2.05, 4.69) is 16.0 Å². The lowest BCUT2D eigenvalue weighted by molar-refractivity contribution is -0.130. The number of likely N-dealkylation sites (tertiary alicyclic amines) is 1. The number of carbonyl (C=O) groups is 5. The summed E-state index contributed by atoms with van der Waals surface area (Å²) in [4.78, 5) is 63.2. The van der Waals surface area contributed by atoms with Crippen LogP contribution in [0.25, 0.3) is 0 Å². The van der Waals surface area contributed by atoms with Gasteiger partial charge in [-0.3, -0.25) is 14.4 Å². The summed E-state index contributed by atoms with van der Waals surface area (Å²) in [6.45, 7) is 5.24. The maximum Gasteiger partial charge on any atom is 0.407 e. The van der Waals surface area contributed by atoms with E-state index in [1.807, 2.05) is 18.7 Å². The molecule has 10 nitrogen and oxygen atoms in total. The molecular weight excluding hydrogens is 464 g/mol. The standard InChI is InChI=1S/C26H42N4O6/c1-17(2)12-22(25(34)28-20(15-31)13-19-10-11-27-24(19)33)29-26(35)36-16-21-8-9-23(32)30(21)14-18-6-4-3-5-7-18/h15,17-22H,3-14,16H2,1-2H3,(H,27,33)(H,28,34)(H,29,35)/t19-,20-,21+,22-/m0/s1. The Morgan fingerprint density at radius 1 is 1.11 bits per heavy atom. The van der Waals surface area contributed by atoms with Gasteiger partial charge in [-0.1, -0.05) is 33.1 Å². The molecule has 0 unspecified atom stereocenters. The van der Waals surface area contributed by atoms with Gasteiger partial charge < -0.3 is 30.4 Å². The number of hydrogen-bond donors (Lipinski definition) is 3. The lowest BCUT2D eigenvalue weighted by Gasteiger charge is -2.31. The van der Waals surface area contributed by atoms with E-state index in [0.717, 1.165) is 19.4 Å². The topological polar surface area (TPSA) is 134 Å². The fourth-order valence-corrected chi connectivity index (χ4v) is 5.53. The second kappa shape index (κ2) is 13.6. The van der Waals surface area contributed by atoms with E-state index >= 15 is 0 Å². The van der Waals surface area contributed by atoms with Crippen LogP contribution in [-0.4, -0.2) is 72.8 Å². The van der Waals surface area contributed by atoms with Crippen LogP contribution < -0.4 is 16.0 Å². The summed E-state index contributed by atoms with van der Waals surface area (Å²) < 4.78 is 5.46. The van der Waals surface area contributed by atoms with Crippen molar-refractivity contribution in [3.8, 4) is 0 Å². The molecule has 3 fully saturated rings. The minimum atomic E-state index is -0.874. The molecule has 10 heteroatoms. The van der Waals surface area contributed by atoms with Gasteiger partial charge in [0, 0.05) is 25.4 Å². The smallest absolute Gasteiger partial charge is 0.407 e. The predicted octanol–water partition coefficient (Wildman–Crippen LogP) is 1.91. The molecule has 3 aliphatic rings. The van der Waals surface area contributed by atoms with Gasteiger partial charge in [0.2, 0.25) is 17.7 Å². The van der Waals surface area contributed by atoms with E-state index in [4.69, 9.17) is 4.74 Å². The van der Waals surface area contributed by atoms with Crippen LogP contribution in [0.15, 0.2) is 0 Å². The summed E-state index contributed by atoms with van der Waals surface area (Å²) >= 11 is 0. The van der Waals surface area contributed by atoms with Crippen LogP contribution in [0, 0.1) is 17.8 Å².